The van der Waals surface area contributed by atoms with Gasteiger partial charge in [-0.3, -0.25) is 9.59 Å². The number of ketones is 1. The maximum Gasteiger partial charge on any atom is 0.306 e. The summed E-state index contributed by atoms with van der Waals surface area (Å²) in [6, 6.07) is 0. The van der Waals surface area contributed by atoms with E-state index in [0.29, 0.717) is 48.7 Å². The number of aliphatic hydroxyl groups is 2. The Balaban J connectivity index is 1.51. The predicted molar refractivity (Wildman–Crippen MR) is 123 cm³/mol. The van der Waals surface area contributed by atoms with Gasteiger partial charge in [0.25, 0.3) is 0 Å². The second-order valence-corrected chi connectivity index (χ2v) is 12.5. The van der Waals surface area contributed by atoms with Crippen molar-refractivity contribution in [1.29, 1.82) is 0 Å². The van der Waals surface area contributed by atoms with Crippen LogP contribution in [-0.2, 0) is 9.59 Å². The summed E-state index contributed by atoms with van der Waals surface area (Å²) in [5.41, 5.74) is -0.134. The first-order valence-corrected chi connectivity index (χ1v) is 13.1. The highest BCUT2D eigenvalue weighted by molar-refractivity contribution is 5.79. The molecule has 0 heterocycles. The normalized spacial score (nSPS) is 47.8. The van der Waals surface area contributed by atoms with Gasteiger partial charge in [0.2, 0.25) is 0 Å². The number of carbonyl (C=O) groups is 2. The minimum Gasteiger partial charge on any atom is -0.481 e. The average Bonchev–Trinajstić information content (AvgIpc) is 3.08. The second-order valence-electron chi connectivity index (χ2n) is 12.5. The summed E-state index contributed by atoms with van der Waals surface area (Å²) in [7, 11) is 0. The van der Waals surface area contributed by atoms with Gasteiger partial charge < -0.3 is 15.3 Å². The first-order valence-electron chi connectivity index (χ1n) is 13.1. The molecule has 0 aromatic carbocycles. The zero-order valence-electron chi connectivity index (χ0n) is 20.4. The zero-order chi connectivity index (χ0) is 23.4. The number of Topliss-reactive ketones (excluding diaryl/α,β-unsaturated/α-hetero) is 1. The molecule has 0 aromatic heterocycles. The van der Waals surface area contributed by atoms with Crippen molar-refractivity contribution in [3.05, 3.63) is 0 Å². The minimum absolute atomic E-state index is 0.0524. The topological polar surface area (TPSA) is 94.8 Å². The number of carbonyl (C=O) groups excluding carboxylic acids is 1. The maximum absolute atomic E-state index is 12.1. The van der Waals surface area contributed by atoms with E-state index in [4.69, 9.17) is 5.11 Å². The summed E-state index contributed by atoms with van der Waals surface area (Å²) in [6.45, 7) is 8.67. The summed E-state index contributed by atoms with van der Waals surface area (Å²) in [5.74, 6) is 1.26. The number of carboxylic acids is 1. The summed E-state index contributed by atoms with van der Waals surface area (Å²) in [6.07, 6.45) is 7.65. The number of fused-ring (bicyclic) bond motifs is 5. The van der Waals surface area contributed by atoms with Gasteiger partial charge in [-0.25, -0.2) is 0 Å². The highest BCUT2D eigenvalue weighted by Crippen LogP contribution is 2.68. The van der Waals surface area contributed by atoms with Crippen molar-refractivity contribution in [1.82, 2.24) is 0 Å². The van der Waals surface area contributed by atoms with Crippen molar-refractivity contribution < 1.29 is 24.9 Å². The Morgan fingerprint density at radius 1 is 1.09 bits per heavy atom. The van der Waals surface area contributed by atoms with Crippen molar-refractivity contribution in [2.45, 2.75) is 104 Å². The summed E-state index contributed by atoms with van der Waals surface area (Å²) in [5, 5.41) is 32.1. The summed E-state index contributed by atoms with van der Waals surface area (Å²) >= 11 is 0. The summed E-state index contributed by atoms with van der Waals surface area (Å²) in [4.78, 5) is 23.3. The molecule has 11 atom stereocenters. The number of rotatable bonds is 6. The van der Waals surface area contributed by atoms with Crippen molar-refractivity contribution >= 4 is 11.8 Å². The third-order valence-corrected chi connectivity index (χ3v) is 11.1. The molecule has 0 aromatic rings. The zero-order valence-corrected chi connectivity index (χ0v) is 20.4. The Kier molecular flexibility index (Phi) is 6.57. The van der Waals surface area contributed by atoms with Gasteiger partial charge in [0.15, 0.2) is 0 Å². The average molecular weight is 449 g/mol. The van der Waals surface area contributed by atoms with E-state index in [2.05, 4.69) is 20.8 Å². The molecule has 4 fully saturated rings. The number of aliphatic hydroxyl groups excluding tert-OH is 2. The van der Waals surface area contributed by atoms with Crippen molar-refractivity contribution in [2.24, 2.45) is 52.3 Å². The first-order chi connectivity index (χ1) is 15.0. The molecule has 3 N–H and O–H groups in total. The van der Waals surface area contributed by atoms with Crippen LogP contribution in [0, 0.1) is 52.3 Å². The van der Waals surface area contributed by atoms with Gasteiger partial charge in [-0.05, 0) is 84.9 Å². The molecule has 182 valence electrons. The Bertz CT molecular complexity index is 736. The molecule has 4 saturated carbocycles. The molecule has 0 bridgehead atoms. The molecule has 1 unspecified atom stereocenters. The Morgan fingerprint density at radius 3 is 2.50 bits per heavy atom. The SMILES string of the molecule is CC(CCC[C@@H](C)[C@H]1CC[C@H]2[C@@H]3[C@H](O)C[C@H]4CC(=O)CC[C@]4(C)[C@H]3C[C@H](O)[C@]12C)C(=O)O. The highest BCUT2D eigenvalue weighted by atomic mass is 16.4. The number of aliphatic carboxylic acids is 1. The lowest BCUT2D eigenvalue weighted by atomic mass is 9.43. The lowest BCUT2D eigenvalue weighted by Crippen LogP contribution is -2.62. The second kappa shape index (κ2) is 8.69. The Labute approximate surface area is 193 Å². The molecular formula is C27H44O5. The smallest absolute Gasteiger partial charge is 0.306 e. The fraction of sp³-hybridized carbons (Fsp3) is 0.926. The first kappa shape index (κ1) is 24.2. The highest BCUT2D eigenvalue weighted by Gasteiger charge is 2.65. The van der Waals surface area contributed by atoms with Crippen LogP contribution in [0.4, 0.5) is 0 Å². The molecule has 0 amide bonds. The number of hydrogen-bond donors (Lipinski definition) is 3. The van der Waals surface area contributed by atoms with Crippen molar-refractivity contribution in [3.8, 4) is 0 Å². The molecule has 32 heavy (non-hydrogen) atoms. The monoisotopic (exact) mass is 448 g/mol. The van der Waals surface area contributed by atoms with E-state index in [-0.39, 0.29) is 40.8 Å². The van der Waals surface area contributed by atoms with E-state index in [9.17, 15) is 19.8 Å². The molecular weight excluding hydrogens is 404 g/mol. The lowest BCUT2D eigenvalue weighted by molar-refractivity contribution is -0.201. The quantitative estimate of drug-likeness (QED) is 0.548. The molecule has 5 nitrogen and oxygen atoms in total. The van der Waals surface area contributed by atoms with Gasteiger partial charge in [0.05, 0.1) is 18.1 Å². The van der Waals surface area contributed by atoms with Gasteiger partial charge in [-0.15, -0.1) is 0 Å². The van der Waals surface area contributed by atoms with Crippen LogP contribution < -0.4 is 0 Å². The predicted octanol–water partition coefficient (Wildman–Crippen LogP) is 4.68. The molecule has 4 aliphatic carbocycles. The van der Waals surface area contributed by atoms with E-state index < -0.39 is 5.97 Å². The van der Waals surface area contributed by atoms with Gasteiger partial charge in [0, 0.05) is 12.8 Å². The van der Waals surface area contributed by atoms with E-state index in [1.807, 2.05) is 0 Å². The van der Waals surface area contributed by atoms with E-state index in [1.54, 1.807) is 6.92 Å². The van der Waals surface area contributed by atoms with E-state index in [0.717, 1.165) is 44.9 Å². The standard InChI is InChI=1S/C27H44O5/c1-15(6-5-7-16(2)25(31)32)19-8-9-20-24-21(14-23(30)27(19,20)4)26(3)11-10-18(28)12-17(26)13-22(24)29/h15-17,19-24,29-30H,5-14H2,1-4H3,(H,31,32)/t15-,16?,17-,19-,20+,21+,22-,23+,24+,26+,27-/m1/s1. The molecule has 0 aliphatic heterocycles. The third kappa shape index (κ3) is 3.76. The van der Waals surface area contributed by atoms with Gasteiger partial charge in [-0.2, -0.15) is 0 Å². The largest absolute Gasteiger partial charge is 0.481 e. The molecule has 4 rings (SSSR count). The molecule has 0 radical (unpaired) electrons. The van der Waals surface area contributed by atoms with Crippen LogP contribution in [0.1, 0.15) is 91.9 Å². The van der Waals surface area contributed by atoms with Crippen LogP contribution in [0.2, 0.25) is 0 Å². The molecule has 5 heteroatoms. The van der Waals surface area contributed by atoms with Crippen LogP contribution in [0.5, 0.6) is 0 Å². The fourth-order valence-corrected chi connectivity index (χ4v) is 9.02. The molecule has 0 spiro atoms. The summed E-state index contributed by atoms with van der Waals surface area (Å²) < 4.78 is 0. The Hall–Kier alpha value is -0.940. The minimum atomic E-state index is -0.721. The van der Waals surface area contributed by atoms with Crippen LogP contribution >= 0.6 is 0 Å². The van der Waals surface area contributed by atoms with Crippen molar-refractivity contribution in [2.75, 3.05) is 0 Å². The fourth-order valence-electron chi connectivity index (χ4n) is 9.02. The molecule has 4 aliphatic rings. The van der Waals surface area contributed by atoms with Gasteiger partial charge in [-0.1, -0.05) is 40.5 Å². The van der Waals surface area contributed by atoms with Crippen LogP contribution in [0.3, 0.4) is 0 Å². The maximum atomic E-state index is 12.1. The third-order valence-electron chi connectivity index (χ3n) is 11.1. The van der Waals surface area contributed by atoms with Crippen LogP contribution in [0.15, 0.2) is 0 Å². The van der Waals surface area contributed by atoms with E-state index in [1.165, 1.54) is 0 Å². The molecule has 0 saturated heterocycles. The van der Waals surface area contributed by atoms with Gasteiger partial charge in [0.1, 0.15) is 5.78 Å². The van der Waals surface area contributed by atoms with Crippen molar-refractivity contribution in [3.63, 3.8) is 0 Å². The Morgan fingerprint density at radius 2 is 1.81 bits per heavy atom. The number of carboxylic acid groups (broad SMARTS) is 1. The van der Waals surface area contributed by atoms with Crippen LogP contribution in [-0.4, -0.2) is 39.3 Å². The van der Waals surface area contributed by atoms with Crippen LogP contribution in [0.25, 0.3) is 0 Å². The van der Waals surface area contributed by atoms with Gasteiger partial charge >= 0.3 is 5.97 Å². The number of hydrogen-bond acceptors (Lipinski definition) is 4. The lowest BCUT2D eigenvalue weighted by Gasteiger charge is -2.63. The van der Waals surface area contributed by atoms with E-state index >= 15 is 0 Å².